The van der Waals surface area contributed by atoms with Crippen molar-refractivity contribution in [1.29, 1.82) is 0 Å². The Bertz CT molecular complexity index is 512. The molecule has 0 aliphatic carbocycles. The zero-order valence-corrected chi connectivity index (χ0v) is 12.2. The van der Waals surface area contributed by atoms with Gasteiger partial charge in [-0.25, -0.2) is 0 Å². The van der Waals surface area contributed by atoms with Crippen LogP contribution >= 0.6 is 0 Å². The largest absolute Gasteiger partial charge is 0.343 e. The molecule has 0 bridgehead atoms. The molecule has 1 saturated heterocycles. The fourth-order valence-corrected chi connectivity index (χ4v) is 2.45. The van der Waals surface area contributed by atoms with Crippen LogP contribution < -0.4 is 5.32 Å². The van der Waals surface area contributed by atoms with Gasteiger partial charge in [-0.05, 0) is 17.6 Å². The highest BCUT2D eigenvalue weighted by Crippen LogP contribution is 2.20. The maximum absolute atomic E-state index is 12.5. The molecule has 0 saturated carbocycles. The summed E-state index contributed by atoms with van der Waals surface area (Å²) in [6.07, 6.45) is 0.569. The minimum atomic E-state index is -0.492. The van der Waals surface area contributed by atoms with E-state index in [1.807, 2.05) is 20.8 Å². The van der Waals surface area contributed by atoms with Gasteiger partial charge in [0.15, 0.2) is 5.82 Å². The molecule has 1 aromatic heterocycles. The fourth-order valence-electron chi connectivity index (χ4n) is 2.45. The molecular weight excluding hydrogens is 260 g/mol. The van der Waals surface area contributed by atoms with Crippen LogP contribution in [0.15, 0.2) is 0 Å². The highest BCUT2D eigenvalue weighted by atomic mass is 16.2. The molecule has 8 heteroatoms. The van der Waals surface area contributed by atoms with Crippen molar-refractivity contribution in [2.75, 3.05) is 0 Å². The zero-order chi connectivity index (χ0) is 14.9. The SMILES string of the molecule is CCC1NC(=O)C(C(C)C)N(Cc2nnn(C)n2)C1=O. The van der Waals surface area contributed by atoms with Crippen LogP contribution in [0.1, 0.15) is 33.0 Å². The maximum atomic E-state index is 12.5. The van der Waals surface area contributed by atoms with Gasteiger partial charge in [-0.15, -0.1) is 10.2 Å². The summed E-state index contributed by atoms with van der Waals surface area (Å²) in [6.45, 7) is 5.92. The fraction of sp³-hybridized carbons (Fsp3) is 0.750. The van der Waals surface area contributed by atoms with Gasteiger partial charge in [0.05, 0.1) is 13.6 Å². The maximum Gasteiger partial charge on any atom is 0.246 e. The first kappa shape index (κ1) is 14.4. The molecule has 2 amide bonds. The van der Waals surface area contributed by atoms with Crippen LogP contribution in [0, 0.1) is 5.92 Å². The molecule has 8 nitrogen and oxygen atoms in total. The lowest BCUT2D eigenvalue weighted by atomic mass is 9.96. The summed E-state index contributed by atoms with van der Waals surface area (Å²) >= 11 is 0. The Morgan fingerprint density at radius 1 is 1.35 bits per heavy atom. The van der Waals surface area contributed by atoms with Crippen LogP contribution in [0.2, 0.25) is 0 Å². The van der Waals surface area contributed by atoms with E-state index in [9.17, 15) is 9.59 Å². The number of aryl methyl sites for hydroxylation is 1. The normalized spacial score (nSPS) is 23.4. The minimum absolute atomic E-state index is 0.0217. The number of amides is 2. The molecule has 0 spiro atoms. The summed E-state index contributed by atoms with van der Waals surface area (Å²) in [4.78, 5) is 27.5. The van der Waals surface area contributed by atoms with Crippen LogP contribution in [-0.4, -0.2) is 49.0 Å². The molecule has 1 fully saturated rings. The van der Waals surface area contributed by atoms with Crippen molar-refractivity contribution < 1.29 is 9.59 Å². The van der Waals surface area contributed by atoms with Crippen molar-refractivity contribution in [1.82, 2.24) is 30.4 Å². The van der Waals surface area contributed by atoms with Gasteiger partial charge in [-0.3, -0.25) is 9.59 Å². The smallest absolute Gasteiger partial charge is 0.246 e. The highest BCUT2D eigenvalue weighted by Gasteiger charge is 2.41. The Kier molecular flexibility index (Phi) is 4.01. The standard InChI is InChI=1S/C12H20N6O2/c1-5-8-12(20)18(6-9-14-16-17(4)15-9)10(7(2)3)11(19)13-8/h7-8,10H,5-6H2,1-4H3,(H,13,19). The second-order valence-electron chi connectivity index (χ2n) is 5.32. The van der Waals surface area contributed by atoms with Crippen LogP contribution in [0.3, 0.4) is 0 Å². The molecule has 1 aliphatic rings. The molecular formula is C12H20N6O2. The van der Waals surface area contributed by atoms with Gasteiger partial charge in [-0.2, -0.15) is 4.80 Å². The predicted octanol–water partition coefficient (Wildman–Crippen LogP) is -0.528. The number of tetrazole rings is 1. The Morgan fingerprint density at radius 3 is 2.55 bits per heavy atom. The van der Waals surface area contributed by atoms with Gasteiger partial charge < -0.3 is 10.2 Å². The van der Waals surface area contributed by atoms with E-state index in [-0.39, 0.29) is 24.3 Å². The second-order valence-corrected chi connectivity index (χ2v) is 5.32. The van der Waals surface area contributed by atoms with E-state index >= 15 is 0 Å². The van der Waals surface area contributed by atoms with Gasteiger partial charge in [0.1, 0.15) is 12.1 Å². The van der Waals surface area contributed by atoms with Crippen molar-refractivity contribution >= 4 is 11.8 Å². The molecule has 110 valence electrons. The molecule has 20 heavy (non-hydrogen) atoms. The summed E-state index contributed by atoms with van der Waals surface area (Å²) < 4.78 is 0. The lowest BCUT2D eigenvalue weighted by Crippen LogP contribution is -2.64. The number of nitrogens with one attached hydrogen (secondary N) is 1. The first-order chi connectivity index (χ1) is 9.43. The minimum Gasteiger partial charge on any atom is -0.343 e. The average molecular weight is 280 g/mol. The number of hydrogen-bond acceptors (Lipinski definition) is 5. The van der Waals surface area contributed by atoms with Crippen LogP contribution in [0.5, 0.6) is 0 Å². The lowest BCUT2D eigenvalue weighted by molar-refractivity contribution is -0.152. The molecule has 2 heterocycles. The molecule has 1 aliphatic heterocycles. The van der Waals surface area contributed by atoms with Crippen molar-refractivity contribution in [3.05, 3.63) is 5.82 Å². The molecule has 0 aromatic carbocycles. The Morgan fingerprint density at radius 2 is 2.05 bits per heavy atom. The zero-order valence-electron chi connectivity index (χ0n) is 12.2. The highest BCUT2D eigenvalue weighted by molar-refractivity contribution is 5.97. The summed E-state index contributed by atoms with van der Waals surface area (Å²) in [6, 6.07) is -0.955. The van der Waals surface area contributed by atoms with E-state index in [1.165, 1.54) is 4.80 Å². The third-order valence-corrected chi connectivity index (χ3v) is 3.40. The Hall–Kier alpha value is -1.99. The Labute approximate surface area is 117 Å². The van der Waals surface area contributed by atoms with Crippen LogP contribution in [0.25, 0.3) is 0 Å². The van der Waals surface area contributed by atoms with Crippen molar-refractivity contribution in [2.45, 2.75) is 45.8 Å². The molecule has 1 N–H and O–H groups in total. The quantitative estimate of drug-likeness (QED) is 0.800. The Balaban J connectivity index is 2.27. The monoisotopic (exact) mass is 280 g/mol. The number of piperazine rings is 1. The number of carbonyl (C=O) groups is 2. The van der Waals surface area contributed by atoms with E-state index in [0.29, 0.717) is 12.2 Å². The number of hydrogen-bond donors (Lipinski definition) is 1. The van der Waals surface area contributed by atoms with E-state index in [0.717, 1.165) is 0 Å². The number of carbonyl (C=O) groups excluding carboxylic acids is 2. The van der Waals surface area contributed by atoms with Crippen LogP contribution in [-0.2, 0) is 23.2 Å². The molecule has 0 radical (unpaired) electrons. The van der Waals surface area contributed by atoms with Crippen molar-refractivity contribution in [2.24, 2.45) is 13.0 Å². The second kappa shape index (κ2) is 5.56. The number of rotatable bonds is 4. The van der Waals surface area contributed by atoms with E-state index in [1.54, 1.807) is 11.9 Å². The van der Waals surface area contributed by atoms with Gasteiger partial charge in [0, 0.05) is 0 Å². The van der Waals surface area contributed by atoms with E-state index in [2.05, 4.69) is 20.7 Å². The molecule has 2 atom stereocenters. The van der Waals surface area contributed by atoms with Gasteiger partial charge in [-0.1, -0.05) is 20.8 Å². The number of aromatic nitrogens is 4. The predicted molar refractivity (Wildman–Crippen MR) is 70.2 cm³/mol. The third kappa shape index (κ3) is 2.63. The van der Waals surface area contributed by atoms with Crippen molar-refractivity contribution in [3.63, 3.8) is 0 Å². The lowest BCUT2D eigenvalue weighted by Gasteiger charge is -2.40. The summed E-state index contributed by atoms with van der Waals surface area (Å²) in [5.74, 6) is 0.262. The molecule has 2 unspecified atom stereocenters. The first-order valence-corrected chi connectivity index (χ1v) is 6.77. The summed E-state index contributed by atoms with van der Waals surface area (Å²) in [5.41, 5.74) is 0. The topological polar surface area (TPSA) is 93.0 Å². The number of nitrogens with zero attached hydrogens (tertiary/aromatic N) is 5. The van der Waals surface area contributed by atoms with Gasteiger partial charge in [0.2, 0.25) is 11.8 Å². The first-order valence-electron chi connectivity index (χ1n) is 6.77. The van der Waals surface area contributed by atoms with Gasteiger partial charge in [0.25, 0.3) is 0 Å². The summed E-state index contributed by atoms with van der Waals surface area (Å²) in [7, 11) is 1.66. The summed E-state index contributed by atoms with van der Waals surface area (Å²) in [5, 5.41) is 14.5. The van der Waals surface area contributed by atoms with Gasteiger partial charge >= 0.3 is 0 Å². The van der Waals surface area contributed by atoms with E-state index in [4.69, 9.17) is 0 Å². The van der Waals surface area contributed by atoms with E-state index < -0.39 is 12.1 Å². The molecule has 2 rings (SSSR count). The van der Waals surface area contributed by atoms with Crippen LogP contribution in [0.4, 0.5) is 0 Å². The third-order valence-electron chi connectivity index (χ3n) is 3.40. The molecule has 1 aromatic rings. The van der Waals surface area contributed by atoms with Crippen molar-refractivity contribution in [3.8, 4) is 0 Å². The average Bonchev–Trinajstić information content (AvgIpc) is 2.78.